The number of esters is 3. The summed E-state index contributed by atoms with van der Waals surface area (Å²) in [4.78, 5) is 35.3. The summed E-state index contributed by atoms with van der Waals surface area (Å²) in [6.07, 6.45) is 9.96. The smallest absolute Gasteiger partial charge is 0.343 e. The molecule has 0 N–H and O–H groups in total. The van der Waals surface area contributed by atoms with Gasteiger partial charge in [-0.05, 0) is 140 Å². The highest BCUT2D eigenvalue weighted by atomic mass is 16.5. The minimum atomic E-state index is -0.409. The predicted octanol–water partition coefficient (Wildman–Crippen LogP) is 10.2. The van der Waals surface area contributed by atoms with Crippen LogP contribution in [0.1, 0.15) is 110 Å². The molecule has 1 atom stereocenters. The molecule has 0 saturated heterocycles. The summed E-state index contributed by atoms with van der Waals surface area (Å²) in [6.45, 7) is 9.54. The van der Waals surface area contributed by atoms with Gasteiger partial charge in [-0.3, -0.25) is 4.79 Å². The molecule has 0 bridgehead atoms. The van der Waals surface area contributed by atoms with Gasteiger partial charge in [0, 0.05) is 18.4 Å². The monoisotopic (exact) mass is 732 g/mol. The zero-order valence-electron chi connectivity index (χ0n) is 31.6. The molecule has 284 valence electrons. The Morgan fingerprint density at radius 1 is 0.611 bits per heavy atom. The Morgan fingerprint density at radius 2 is 1.13 bits per heavy atom. The van der Waals surface area contributed by atoms with Crippen LogP contribution in [0, 0.1) is 0 Å². The molecule has 0 aliphatic heterocycles. The van der Waals surface area contributed by atoms with Gasteiger partial charge in [-0.25, -0.2) is 9.59 Å². The second-order valence-corrected chi connectivity index (χ2v) is 13.6. The normalized spacial score (nSPS) is 12.7. The molecule has 1 aliphatic carbocycles. The van der Waals surface area contributed by atoms with Gasteiger partial charge in [0.05, 0.1) is 32.0 Å². The van der Waals surface area contributed by atoms with Gasteiger partial charge in [-0.2, -0.15) is 0 Å². The molecule has 0 saturated carbocycles. The van der Waals surface area contributed by atoms with Gasteiger partial charge in [0.1, 0.15) is 17.2 Å². The first-order valence-corrected chi connectivity index (χ1v) is 19.2. The molecule has 0 amide bonds. The summed E-state index contributed by atoms with van der Waals surface area (Å²) >= 11 is 0. The van der Waals surface area contributed by atoms with Crippen molar-refractivity contribution in [1.82, 2.24) is 0 Å². The van der Waals surface area contributed by atoms with Gasteiger partial charge < -0.3 is 23.7 Å². The number of rotatable bonds is 22. The molecule has 1 aliphatic rings. The molecule has 8 heteroatoms. The minimum Gasteiger partial charge on any atom is -0.494 e. The summed E-state index contributed by atoms with van der Waals surface area (Å²) in [5.41, 5.74) is 7.73. The second-order valence-electron chi connectivity index (χ2n) is 13.6. The lowest BCUT2D eigenvalue weighted by molar-refractivity contribution is -0.143. The van der Waals surface area contributed by atoms with Crippen molar-refractivity contribution in [3.63, 3.8) is 0 Å². The van der Waals surface area contributed by atoms with Crippen LogP contribution in [0.25, 0.3) is 11.1 Å². The Morgan fingerprint density at radius 3 is 1.74 bits per heavy atom. The van der Waals surface area contributed by atoms with E-state index in [1.54, 1.807) is 31.2 Å². The van der Waals surface area contributed by atoms with Crippen molar-refractivity contribution in [3.05, 3.63) is 125 Å². The molecule has 0 radical (unpaired) electrons. The first-order chi connectivity index (χ1) is 26.3. The molecule has 0 heterocycles. The molecule has 0 aromatic heterocycles. The van der Waals surface area contributed by atoms with Gasteiger partial charge in [0.2, 0.25) is 0 Å². The van der Waals surface area contributed by atoms with Crippen molar-refractivity contribution in [3.8, 4) is 28.4 Å². The van der Waals surface area contributed by atoms with Crippen LogP contribution >= 0.6 is 0 Å². The van der Waals surface area contributed by atoms with Crippen molar-refractivity contribution in [2.24, 2.45) is 0 Å². The van der Waals surface area contributed by atoms with Gasteiger partial charge in [-0.1, -0.05) is 56.8 Å². The number of hydrogen-bond donors (Lipinski definition) is 0. The third-order valence-corrected chi connectivity index (χ3v) is 9.57. The third-order valence-electron chi connectivity index (χ3n) is 9.57. The number of benzene rings is 4. The van der Waals surface area contributed by atoms with Crippen molar-refractivity contribution in [2.45, 2.75) is 84.0 Å². The quantitative estimate of drug-likeness (QED) is 0.0341. The van der Waals surface area contributed by atoms with Crippen LogP contribution in [0.15, 0.2) is 97.6 Å². The fourth-order valence-electron chi connectivity index (χ4n) is 6.51. The Hall–Kier alpha value is -5.37. The lowest BCUT2D eigenvalue weighted by atomic mass is 9.95. The van der Waals surface area contributed by atoms with Crippen LogP contribution in [0.4, 0.5) is 0 Å². The zero-order valence-corrected chi connectivity index (χ0v) is 31.6. The highest BCUT2D eigenvalue weighted by Gasteiger charge is 2.26. The van der Waals surface area contributed by atoms with Crippen LogP contribution in [0.2, 0.25) is 0 Å². The molecular formula is C46H52O8. The average molecular weight is 733 g/mol. The second kappa shape index (κ2) is 20.8. The number of carbonyl (C=O) groups excluding carboxylic acids is 3. The summed E-state index contributed by atoms with van der Waals surface area (Å²) in [7, 11) is 0. The number of fused-ring (bicyclic) bond motifs is 3. The Balaban J connectivity index is 1.04. The van der Waals surface area contributed by atoms with Gasteiger partial charge in [0.25, 0.3) is 0 Å². The van der Waals surface area contributed by atoms with Crippen molar-refractivity contribution in [1.29, 1.82) is 0 Å². The van der Waals surface area contributed by atoms with Gasteiger partial charge in [0.15, 0.2) is 0 Å². The van der Waals surface area contributed by atoms with Gasteiger partial charge in [-0.15, -0.1) is 0 Å². The van der Waals surface area contributed by atoms with E-state index in [0.717, 1.165) is 69.1 Å². The average Bonchev–Trinajstić information content (AvgIpc) is 3.47. The van der Waals surface area contributed by atoms with Crippen LogP contribution in [0.3, 0.4) is 0 Å². The van der Waals surface area contributed by atoms with E-state index in [9.17, 15) is 14.4 Å². The van der Waals surface area contributed by atoms with E-state index in [4.69, 9.17) is 23.7 Å². The SMILES string of the molecule is C=CC(=O)OCCCCCCOc1ccc(Cc2ccc3c(c2)C(C)c2cc(OC(=O)c4ccc(OCCCCCCOC(=O)CC)cc4)ccc2-3)cc1. The van der Waals surface area contributed by atoms with Crippen molar-refractivity contribution >= 4 is 17.9 Å². The highest BCUT2D eigenvalue weighted by molar-refractivity contribution is 5.91. The molecule has 8 nitrogen and oxygen atoms in total. The van der Waals surface area contributed by atoms with Crippen LogP contribution < -0.4 is 14.2 Å². The molecule has 0 fully saturated rings. The van der Waals surface area contributed by atoms with Gasteiger partial charge >= 0.3 is 17.9 Å². The Labute approximate surface area is 319 Å². The summed E-state index contributed by atoms with van der Waals surface area (Å²) in [5.74, 6) is 1.33. The maximum absolute atomic E-state index is 13.0. The first kappa shape index (κ1) is 39.8. The third kappa shape index (κ3) is 11.8. The Bertz CT molecular complexity index is 1840. The standard InChI is InChI=1S/C46H52O8/c1-4-44(47)52-28-12-8-6-10-26-50-37-19-14-34(15-20-37)30-35-16-24-40-41-25-23-39(32-43(41)33(3)42(40)31-35)54-46(49)36-17-21-38(22-18-36)51-27-11-7-9-13-29-53-45(48)5-2/h4,14-25,31-33H,1,5-13,26-30H2,2-3H3. The van der Waals surface area contributed by atoms with E-state index in [-0.39, 0.29) is 17.9 Å². The van der Waals surface area contributed by atoms with E-state index in [0.29, 0.717) is 49.9 Å². The lowest BCUT2D eigenvalue weighted by Gasteiger charge is -2.11. The van der Waals surface area contributed by atoms with E-state index in [2.05, 4.69) is 43.8 Å². The van der Waals surface area contributed by atoms with Crippen LogP contribution in [0.5, 0.6) is 17.2 Å². The maximum atomic E-state index is 13.0. The lowest BCUT2D eigenvalue weighted by Crippen LogP contribution is -2.09. The molecule has 4 aromatic rings. The van der Waals surface area contributed by atoms with E-state index in [1.165, 1.54) is 33.9 Å². The summed E-state index contributed by atoms with van der Waals surface area (Å²) in [5, 5.41) is 0. The zero-order chi connectivity index (χ0) is 38.1. The van der Waals surface area contributed by atoms with Crippen molar-refractivity contribution in [2.75, 3.05) is 26.4 Å². The summed E-state index contributed by atoms with van der Waals surface area (Å²) in [6, 6.07) is 28.0. The number of unbranched alkanes of at least 4 members (excludes halogenated alkanes) is 6. The molecule has 0 spiro atoms. The largest absolute Gasteiger partial charge is 0.494 e. The van der Waals surface area contributed by atoms with Crippen LogP contribution in [-0.2, 0) is 25.5 Å². The number of carbonyl (C=O) groups is 3. The van der Waals surface area contributed by atoms with Crippen LogP contribution in [-0.4, -0.2) is 44.3 Å². The molecule has 5 rings (SSSR count). The van der Waals surface area contributed by atoms with E-state index < -0.39 is 5.97 Å². The fourth-order valence-corrected chi connectivity index (χ4v) is 6.51. The number of ether oxygens (including phenoxy) is 5. The highest BCUT2D eigenvalue weighted by Crippen LogP contribution is 2.46. The number of hydrogen-bond acceptors (Lipinski definition) is 8. The fraction of sp³-hybridized carbons (Fsp3) is 0.370. The predicted molar refractivity (Wildman–Crippen MR) is 210 cm³/mol. The Kier molecular flexibility index (Phi) is 15.3. The topological polar surface area (TPSA) is 97.4 Å². The maximum Gasteiger partial charge on any atom is 0.343 e. The van der Waals surface area contributed by atoms with E-state index >= 15 is 0 Å². The van der Waals surface area contributed by atoms with Crippen molar-refractivity contribution < 1.29 is 38.1 Å². The minimum absolute atomic E-state index is 0.154. The molecule has 1 unspecified atom stereocenters. The first-order valence-electron chi connectivity index (χ1n) is 19.2. The molecular weight excluding hydrogens is 680 g/mol. The van der Waals surface area contributed by atoms with E-state index in [1.807, 2.05) is 30.3 Å². The molecule has 54 heavy (non-hydrogen) atoms. The molecule has 4 aromatic carbocycles. The summed E-state index contributed by atoms with van der Waals surface area (Å²) < 4.78 is 27.7.